The summed E-state index contributed by atoms with van der Waals surface area (Å²) in [6, 6.07) is 11.3. The van der Waals surface area contributed by atoms with Gasteiger partial charge in [0.25, 0.3) is 0 Å². The number of nitrogens with zero attached hydrogens (tertiary/aromatic N) is 1. The van der Waals surface area contributed by atoms with Crippen LogP contribution in [0.25, 0.3) is 0 Å². The number of carbonyl (C=O) groups is 1. The third-order valence-corrected chi connectivity index (χ3v) is 8.39. The van der Waals surface area contributed by atoms with E-state index in [1.807, 2.05) is 13.8 Å². The van der Waals surface area contributed by atoms with Gasteiger partial charge in [-0.1, -0.05) is 37.8 Å². The fraction of sp³-hybridized carbons (Fsp3) is 0.381. The first-order chi connectivity index (χ1) is 13.6. The SMILES string of the molecule is CCN(CC)C(=O)Oc1c([Si](C)(C)C)cc(OC)cc1S(=O)(=O)c1ccccc1. The van der Waals surface area contributed by atoms with Crippen LogP contribution in [-0.2, 0) is 9.84 Å². The standard InChI is InChI=1S/C21H29NO5SSi/c1-7-22(8-2)21(23)27-20-18(28(24,25)17-12-10-9-11-13-17)14-16(26-3)15-19(20)29(4,5)6/h9-15H,7-8H2,1-6H3. The predicted octanol–water partition coefficient (Wildman–Crippen LogP) is 3.91. The molecule has 0 aliphatic carbocycles. The first kappa shape index (κ1) is 23.0. The average Bonchev–Trinajstić information content (AvgIpc) is 2.68. The molecule has 0 fully saturated rings. The molecule has 0 bridgehead atoms. The Morgan fingerprint density at radius 1 is 1.03 bits per heavy atom. The van der Waals surface area contributed by atoms with Gasteiger partial charge in [0, 0.05) is 19.2 Å². The van der Waals surface area contributed by atoms with E-state index in [1.54, 1.807) is 24.3 Å². The molecule has 6 nitrogen and oxygen atoms in total. The lowest BCUT2D eigenvalue weighted by Gasteiger charge is -2.26. The number of methoxy groups -OCH3 is 1. The molecular weight excluding hydrogens is 406 g/mol. The van der Waals surface area contributed by atoms with Crippen molar-refractivity contribution in [2.45, 2.75) is 43.3 Å². The number of amides is 1. The largest absolute Gasteiger partial charge is 0.497 e. The van der Waals surface area contributed by atoms with Crippen LogP contribution in [0.4, 0.5) is 4.79 Å². The molecule has 0 radical (unpaired) electrons. The van der Waals surface area contributed by atoms with Gasteiger partial charge in [-0.05, 0) is 37.2 Å². The molecule has 2 aromatic rings. The fourth-order valence-electron chi connectivity index (χ4n) is 2.92. The Hall–Kier alpha value is -2.32. The van der Waals surface area contributed by atoms with E-state index in [0.29, 0.717) is 24.0 Å². The van der Waals surface area contributed by atoms with Gasteiger partial charge in [-0.3, -0.25) is 0 Å². The van der Waals surface area contributed by atoms with E-state index in [2.05, 4.69) is 19.6 Å². The summed E-state index contributed by atoms with van der Waals surface area (Å²) in [5.41, 5.74) is 0. The van der Waals surface area contributed by atoms with Crippen molar-refractivity contribution < 1.29 is 22.7 Å². The zero-order chi connectivity index (χ0) is 21.8. The first-order valence-corrected chi connectivity index (χ1v) is 14.5. The highest BCUT2D eigenvalue weighted by Crippen LogP contribution is 2.33. The van der Waals surface area contributed by atoms with Crippen LogP contribution in [0.3, 0.4) is 0 Å². The molecule has 0 N–H and O–H groups in total. The monoisotopic (exact) mass is 435 g/mol. The second-order valence-electron chi connectivity index (χ2n) is 7.61. The Bertz CT molecular complexity index is 965. The number of ether oxygens (including phenoxy) is 2. The maximum atomic E-state index is 13.4. The second kappa shape index (κ2) is 9.00. The van der Waals surface area contributed by atoms with Crippen LogP contribution in [0.1, 0.15) is 13.8 Å². The molecule has 8 heteroatoms. The van der Waals surface area contributed by atoms with Gasteiger partial charge in [0.1, 0.15) is 10.6 Å². The molecule has 158 valence electrons. The molecule has 0 aliphatic rings. The molecule has 1 amide bonds. The van der Waals surface area contributed by atoms with E-state index in [4.69, 9.17) is 9.47 Å². The summed E-state index contributed by atoms with van der Waals surface area (Å²) in [4.78, 5) is 14.3. The maximum absolute atomic E-state index is 13.4. The molecule has 0 unspecified atom stereocenters. The van der Waals surface area contributed by atoms with Gasteiger partial charge in [0.15, 0.2) is 5.75 Å². The van der Waals surface area contributed by atoms with E-state index < -0.39 is 24.0 Å². The molecule has 2 aromatic carbocycles. The molecule has 0 saturated heterocycles. The molecule has 29 heavy (non-hydrogen) atoms. The molecular formula is C21H29NO5SSi. The zero-order valence-electron chi connectivity index (χ0n) is 17.9. The van der Waals surface area contributed by atoms with Crippen molar-refractivity contribution in [1.82, 2.24) is 4.90 Å². The fourth-order valence-corrected chi connectivity index (χ4v) is 5.89. The summed E-state index contributed by atoms with van der Waals surface area (Å²) in [6.45, 7) is 10.8. The van der Waals surface area contributed by atoms with Crippen molar-refractivity contribution in [3.05, 3.63) is 42.5 Å². The number of benzene rings is 2. The van der Waals surface area contributed by atoms with Crippen molar-refractivity contribution in [2.75, 3.05) is 20.2 Å². The normalized spacial score (nSPS) is 11.8. The van der Waals surface area contributed by atoms with Gasteiger partial charge in [-0.25, -0.2) is 13.2 Å². The van der Waals surface area contributed by atoms with Crippen LogP contribution in [0.15, 0.2) is 52.3 Å². The summed E-state index contributed by atoms with van der Waals surface area (Å²) in [7, 11) is -4.53. The lowest BCUT2D eigenvalue weighted by Crippen LogP contribution is -2.42. The van der Waals surface area contributed by atoms with Gasteiger partial charge in [0.2, 0.25) is 9.84 Å². The van der Waals surface area contributed by atoms with Crippen LogP contribution in [0.5, 0.6) is 11.5 Å². The second-order valence-corrected chi connectivity index (χ2v) is 14.6. The van der Waals surface area contributed by atoms with Crippen molar-refractivity contribution in [1.29, 1.82) is 0 Å². The summed E-state index contributed by atoms with van der Waals surface area (Å²) in [5.74, 6) is 0.519. The molecule has 0 spiro atoms. The van der Waals surface area contributed by atoms with Gasteiger partial charge in [-0.2, -0.15) is 0 Å². The average molecular weight is 436 g/mol. The van der Waals surface area contributed by atoms with E-state index >= 15 is 0 Å². The van der Waals surface area contributed by atoms with Crippen molar-refractivity contribution in [2.24, 2.45) is 0 Å². The van der Waals surface area contributed by atoms with Gasteiger partial charge in [0.05, 0.1) is 20.1 Å². The zero-order valence-corrected chi connectivity index (χ0v) is 19.7. The lowest BCUT2D eigenvalue weighted by molar-refractivity contribution is 0.156. The molecule has 0 aromatic heterocycles. The minimum Gasteiger partial charge on any atom is -0.497 e. The Morgan fingerprint density at radius 2 is 1.62 bits per heavy atom. The topological polar surface area (TPSA) is 72.9 Å². The van der Waals surface area contributed by atoms with Crippen LogP contribution >= 0.6 is 0 Å². The van der Waals surface area contributed by atoms with Crippen molar-refractivity contribution >= 4 is 29.2 Å². The highest BCUT2D eigenvalue weighted by molar-refractivity contribution is 7.91. The first-order valence-electron chi connectivity index (χ1n) is 9.55. The molecule has 0 saturated carbocycles. The minimum atomic E-state index is -3.92. The Balaban J connectivity index is 2.79. The van der Waals surface area contributed by atoms with Gasteiger partial charge < -0.3 is 14.4 Å². The van der Waals surface area contributed by atoms with Gasteiger partial charge >= 0.3 is 6.09 Å². The van der Waals surface area contributed by atoms with Crippen LogP contribution in [0, 0.1) is 0 Å². The number of hydrogen-bond donors (Lipinski definition) is 0. The molecule has 0 atom stereocenters. The smallest absolute Gasteiger partial charge is 0.415 e. The number of rotatable bonds is 7. The van der Waals surface area contributed by atoms with E-state index in [1.165, 1.54) is 30.2 Å². The third-order valence-electron chi connectivity index (χ3n) is 4.63. The number of hydrogen-bond acceptors (Lipinski definition) is 5. The van der Waals surface area contributed by atoms with E-state index in [0.717, 1.165) is 0 Å². The van der Waals surface area contributed by atoms with Crippen LogP contribution < -0.4 is 14.7 Å². The predicted molar refractivity (Wildman–Crippen MR) is 117 cm³/mol. The number of sulfone groups is 1. The summed E-state index contributed by atoms with van der Waals surface area (Å²) >= 11 is 0. The van der Waals surface area contributed by atoms with Crippen LogP contribution in [-0.4, -0.2) is 47.7 Å². The molecule has 0 aliphatic heterocycles. The number of carbonyl (C=O) groups excluding carboxylic acids is 1. The highest BCUT2D eigenvalue weighted by atomic mass is 32.2. The van der Waals surface area contributed by atoms with E-state index in [9.17, 15) is 13.2 Å². The quantitative estimate of drug-likeness (QED) is 0.617. The third kappa shape index (κ3) is 5.00. The Labute approximate surface area is 174 Å². The van der Waals surface area contributed by atoms with E-state index in [-0.39, 0.29) is 15.5 Å². The minimum absolute atomic E-state index is 0.0546. The Kier molecular flexibility index (Phi) is 7.13. The summed E-state index contributed by atoms with van der Waals surface area (Å²) in [6.07, 6.45) is -0.566. The molecule has 2 rings (SSSR count). The van der Waals surface area contributed by atoms with Crippen molar-refractivity contribution in [3.63, 3.8) is 0 Å². The summed E-state index contributed by atoms with van der Waals surface area (Å²) in [5, 5.41) is 0.715. The summed E-state index contributed by atoms with van der Waals surface area (Å²) < 4.78 is 38.0. The Morgan fingerprint density at radius 3 is 2.10 bits per heavy atom. The van der Waals surface area contributed by atoms with Crippen molar-refractivity contribution in [3.8, 4) is 11.5 Å². The molecule has 0 heterocycles. The lowest BCUT2D eigenvalue weighted by atomic mass is 10.3. The highest BCUT2D eigenvalue weighted by Gasteiger charge is 2.32. The maximum Gasteiger partial charge on any atom is 0.415 e. The van der Waals surface area contributed by atoms with Gasteiger partial charge in [-0.15, -0.1) is 0 Å². The van der Waals surface area contributed by atoms with Crippen LogP contribution in [0.2, 0.25) is 19.6 Å².